The average molecular weight is 125 g/mol. The maximum atomic E-state index is 3.83. The molecule has 0 bridgehead atoms. The third kappa shape index (κ3) is 3.31. The van der Waals surface area contributed by atoms with Crippen LogP contribution in [-0.2, 0) is 0 Å². The quantitative estimate of drug-likeness (QED) is 0.564. The Hall–Kier alpha value is -0.300. The van der Waals surface area contributed by atoms with Crippen LogP contribution >= 0.6 is 0 Å². The fraction of sp³-hybridized carbons (Fsp3) is 0.750. The molecule has 0 unspecified atom stereocenters. The van der Waals surface area contributed by atoms with Crippen LogP contribution in [0.2, 0.25) is 0 Å². The van der Waals surface area contributed by atoms with Crippen LogP contribution in [0.4, 0.5) is 0 Å². The minimum absolute atomic E-state index is 0.851. The molecule has 0 aromatic heterocycles. The molecule has 0 heterocycles. The lowest BCUT2D eigenvalue weighted by Crippen LogP contribution is -2.17. The molecule has 0 saturated heterocycles. The Morgan fingerprint density at radius 3 is 2.78 bits per heavy atom. The number of hydrogen-bond acceptors (Lipinski definition) is 1. The van der Waals surface area contributed by atoms with Gasteiger partial charge in [-0.3, -0.25) is 0 Å². The summed E-state index contributed by atoms with van der Waals surface area (Å²) in [5, 5.41) is 3.43. The smallest absolute Gasteiger partial charge is 0.00683 e. The molecule has 1 fully saturated rings. The Morgan fingerprint density at radius 1 is 1.67 bits per heavy atom. The minimum atomic E-state index is 0.851. The van der Waals surface area contributed by atoms with Crippen LogP contribution in [0.1, 0.15) is 26.2 Å². The van der Waals surface area contributed by atoms with Gasteiger partial charge < -0.3 is 5.32 Å². The van der Waals surface area contributed by atoms with Crippen molar-refractivity contribution in [2.75, 3.05) is 6.54 Å². The van der Waals surface area contributed by atoms with Crippen LogP contribution in [0.25, 0.3) is 0 Å². The summed E-state index contributed by atoms with van der Waals surface area (Å²) >= 11 is 0. The Bertz CT molecular complexity index is 103. The third-order valence-electron chi connectivity index (χ3n) is 1.56. The number of hydrogen-bond donors (Lipinski definition) is 1. The molecule has 0 amide bonds. The van der Waals surface area contributed by atoms with Gasteiger partial charge >= 0.3 is 0 Å². The summed E-state index contributed by atoms with van der Waals surface area (Å²) in [5.74, 6) is 0. The van der Waals surface area contributed by atoms with Gasteiger partial charge in [0.15, 0.2) is 0 Å². The van der Waals surface area contributed by atoms with Gasteiger partial charge in [-0.15, -0.1) is 6.58 Å². The first-order valence-corrected chi connectivity index (χ1v) is 3.67. The van der Waals surface area contributed by atoms with Crippen molar-refractivity contribution in [2.24, 2.45) is 0 Å². The van der Waals surface area contributed by atoms with Crippen molar-refractivity contribution in [3.8, 4) is 0 Å². The Kier molecular flexibility index (Phi) is 2.29. The Labute approximate surface area is 57.1 Å². The highest BCUT2D eigenvalue weighted by Gasteiger charge is 2.19. The lowest BCUT2D eigenvalue weighted by atomic mass is 10.2. The molecule has 1 heteroatoms. The number of rotatable bonds is 4. The van der Waals surface area contributed by atoms with Gasteiger partial charge in [0.2, 0.25) is 0 Å². The standard InChI is InChI=1S/C8H15N/c1-7(2)5-6-9-8-3-4-8/h8-9H,1,3-6H2,2H3. The van der Waals surface area contributed by atoms with Crippen LogP contribution < -0.4 is 5.32 Å². The van der Waals surface area contributed by atoms with Crippen LogP contribution in [0.5, 0.6) is 0 Å². The van der Waals surface area contributed by atoms with E-state index in [1.54, 1.807) is 0 Å². The van der Waals surface area contributed by atoms with Crippen molar-refractivity contribution < 1.29 is 0 Å². The van der Waals surface area contributed by atoms with Gasteiger partial charge in [-0.2, -0.15) is 0 Å². The van der Waals surface area contributed by atoms with Crippen molar-refractivity contribution in [3.63, 3.8) is 0 Å². The summed E-state index contributed by atoms with van der Waals surface area (Å²) in [7, 11) is 0. The van der Waals surface area contributed by atoms with E-state index in [1.165, 1.54) is 18.4 Å². The maximum Gasteiger partial charge on any atom is 0.00683 e. The summed E-state index contributed by atoms with van der Waals surface area (Å²) < 4.78 is 0. The first-order valence-electron chi connectivity index (χ1n) is 3.67. The van der Waals surface area contributed by atoms with Crippen LogP contribution in [0, 0.1) is 0 Å². The predicted molar refractivity (Wildman–Crippen MR) is 40.5 cm³/mol. The summed E-state index contributed by atoms with van der Waals surface area (Å²) in [6.07, 6.45) is 3.91. The predicted octanol–water partition coefficient (Wildman–Crippen LogP) is 1.70. The second kappa shape index (κ2) is 3.02. The molecule has 0 aliphatic heterocycles. The molecule has 1 N–H and O–H groups in total. The largest absolute Gasteiger partial charge is 0.314 e. The normalized spacial score (nSPS) is 17.9. The van der Waals surface area contributed by atoms with E-state index in [2.05, 4.69) is 18.8 Å². The second-order valence-corrected chi connectivity index (χ2v) is 2.94. The molecule has 9 heavy (non-hydrogen) atoms. The first-order chi connectivity index (χ1) is 4.29. The lowest BCUT2D eigenvalue weighted by Gasteiger charge is -1.99. The van der Waals surface area contributed by atoms with Gasteiger partial charge in [0.05, 0.1) is 0 Å². The molecule has 0 atom stereocenters. The second-order valence-electron chi connectivity index (χ2n) is 2.94. The summed E-state index contributed by atoms with van der Waals surface area (Å²) in [5.41, 5.74) is 1.28. The van der Waals surface area contributed by atoms with E-state index in [0.29, 0.717) is 0 Å². The highest BCUT2D eigenvalue weighted by Crippen LogP contribution is 2.18. The maximum absolute atomic E-state index is 3.83. The highest BCUT2D eigenvalue weighted by molar-refractivity contribution is 4.90. The van der Waals surface area contributed by atoms with Crippen molar-refractivity contribution in [3.05, 3.63) is 12.2 Å². The molecule has 0 spiro atoms. The van der Waals surface area contributed by atoms with E-state index in [9.17, 15) is 0 Å². The minimum Gasteiger partial charge on any atom is -0.314 e. The van der Waals surface area contributed by atoms with Crippen molar-refractivity contribution in [1.29, 1.82) is 0 Å². The topological polar surface area (TPSA) is 12.0 Å². The molecule has 1 aliphatic carbocycles. The molecule has 1 saturated carbocycles. The van der Waals surface area contributed by atoms with Crippen molar-refractivity contribution >= 4 is 0 Å². The molecule has 1 rings (SSSR count). The fourth-order valence-corrected chi connectivity index (χ4v) is 0.777. The van der Waals surface area contributed by atoms with E-state index in [-0.39, 0.29) is 0 Å². The lowest BCUT2D eigenvalue weighted by molar-refractivity contribution is 0.680. The van der Waals surface area contributed by atoms with Crippen LogP contribution in [0.15, 0.2) is 12.2 Å². The summed E-state index contributed by atoms with van der Waals surface area (Å²) in [4.78, 5) is 0. The molecule has 52 valence electrons. The van der Waals surface area contributed by atoms with Gasteiger partial charge in [-0.1, -0.05) is 5.57 Å². The van der Waals surface area contributed by atoms with Gasteiger partial charge in [0.25, 0.3) is 0 Å². The highest BCUT2D eigenvalue weighted by atomic mass is 14.9. The van der Waals surface area contributed by atoms with Crippen LogP contribution in [-0.4, -0.2) is 12.6 Å². The van der Waals surface area contributed by atoms with E-state index in [4.69, 9.17) is 0 Å². The van der Waals surface area contributed by atoms with Crippen molar-refractivity contribution in [1.82, 2.24) is 5.32 Å². The molecule has 0 radical (unpaired) electrons. The number of nitrogens with one attached hydrogen (secondary N) is 1. The third-order valence-corrected chi connectivity index (χ3v) is 1.56. The zero-order chi connectivity index (χ0) is 6.69. The zero-order valence-corrected chi connectivity index (χ0v) is 6.11. The Balaban J connectivity index is 1.86. The molecular formula is C8H15N. The van der Waals surface area contributed by atoms with Crippen molar-refractivity contribution in [2.45, 2.75) is 32.2 Å². The van der Waals surface area contributed by atoms with Gasteiger partial charge in [0, 0.05) is 6.04 Å². The fourth-order valence-electron chi connectivity index (χ4n) is 0.777. The molecule has 1 aliphatic rings. The summed E-state index contributed by atoms with van der Waals surface area (Å²) in [6.45, 7) is 7.04. The Morgan fingerprint density at radius 2 is 2.33 bits per heavy atom. The van der Waals surface area contributed by atoms with E-state index in [1.807, 2.05) is 0 Å². The first kappa shape index (κ1) is 6.81. The van der Waals surface area contributed by atoms with Gasteiger partial charge in [0.1, 0.15) is 0 Å². The van der Waals surface area contributed by atoms with E-state index < -0.39 is 0 Å². The van der Waals surface area contributed by atoms with Gasteiger partial charge in [-0.05, 0) is 32.7 Å². The average Bonchev–Trinajstić information content (AvgIpc) is 2.48. The van der Waals surface area contributed by atoms with E-state index in [0.717, 1.165) is 19.0 Å². The molecule has 1 nitrogen and oxygen atoms in total. The monoisotopic (exact) mass is 125 g/mol. The van der Waals surface area contributed by atoms with Gasteiger partial charge in [-0.25, -0.2) is 0 Å². The SMILES string of the molecule is C=C(C)CCNC1CC1. The molecular weight excluding hydrogens is 110 g/mol. The zero-order valence-electron chi connectivity index (χ0n) is 6.11. The summed E-state index contributed by atoms with van der Waals surface area (Å²) in [6, 6.07) is 0.851. The molecule has 0 aromatic rings. The molecule has 0 aromatic carbocycles. The van der Waals surface area contributed by atoms with E-state index >= 15 is 0 Å². The van der Waals surface area contributed by atoms with Crippen LogP contribution in [0.3, 0.4) is 0 Å².